The van der Waals surface area contributed by atoms with E-state index in [0.717, 1.165) is 27.2 Å². The Morgan fingerprint density at radius 3 is 2.36 bits per heavy atom. The number of hydrogen-bond donors (Lipinski definition) is 1. The zero-order valence-corrected chi connectivity index (χ0v) is 23.6. The van der Waals surface area contributed by atoms with E-state index >= 15 is 4.39 Å². The van der Waals surface area contributed by atoms with Crippen molar-refractivity contribution >= 4 is 77.8 Å². The minimum atomic E-state index is -4.12. The molecule has 4 aromatic rings. The maximum absolute atomic E-state index is 15.6. The largest absolute Gasteiger partial charge is 0.301 e. The molecule has 5 rings (SSSR count). The van der Waals surface area contributed by atoms with Crippen LogP contribution in [0.4, 0.5) is 14.5 Å². The third-order valence-corrected chi connectivity index (χ3v) is 8.80. The Bertz CT molecular complexity index is 1760. The summed E-state index contributed by atoms with van der Waals surface area (Å²) in [4.78, 5) is 31.2. The molecule has 1 saturated heterocycles. The fourth-order valence-corrected chi connectivity index (χ4v) is 6.54. The second-order valence-electron chi connectivity index (χ2n) is 8.67. The Balaban J connectivity index is 1.62. The van der Waals surface area contributed by atoms with Crippen molar-refractivity contribution < 1.29 is 26.8 Å². The van der Waals surface area contributed by atoms with Crippen LogP contribution in [0.3, 0.4) is 0 Å². The lowest BCUT2D eigenvalue weighted by Crippen LogP contribution is -2.33. The van der Waals surface area contributed by atoms with E-state index in [2.05, 4.69) is 25.6 Å². The van der Waals surface area contributed by atoms with Crippen LogP contribution in [0.5, 0.6) is 0 Å². The van der Waals surface area contributed by atoms with Crippen molar-refractivity contribution in [2.24, 2.45) is 0 Å². The summed E-state index contributed by atoms with van der Waals surface area (Å²) >= 11 is 15.7. The highest BCUT2D eigenvalue weighted by Gasteiger charge is 2.31. The van der Waals surface area contributed by atoms with Crippen molar-refractivity contribution in [1.82, 2.24) is 13.9 Å². The van der Waals surface area contributed by atoms with Gasteiger partial charge in [0.15, 0.2) is 5.82 Å². The molecule has 202 valence electrons. The summed E-state index contributed by atoms with van der Waals surface area (Å²) < 4.78 is 60.5. The first-order chi connectivity index (χ1) is 18.5. The molecule has 0 saturated carbocycles. The fourth-order valence-electron chi connectivity index (χ4n) is 4.35. The number of benzene rings is 2. The third kappa shape index (κ3) is 5.07. The molecular weight excluding hydrogens is 641 g/mol. The van der Waals surface area contributed by atoms with Gasteiger partial charge in [0.25, 0.3) is 5.91 Å². The number of carbonyl (C=O) groups excluding carboxylic acids is 2. The first kappa shape index (κ1) is 27.7. The maximum atomic E-state index is 15.6. The number of nitrogens with zero attached hydrogens (tertiary/aromatic N) is 3. The molecule has 1 fully saturated rings. The summed E-state index contributed by atoms with van der Waals surface area (Å²) in [6.07, 6.45) is 3.78. The molecule has 0 spiro atoms. The van der Waals surface area contributed by atoms with Gasteiger partial charge in [-0.1, -0.05) is 29.3 Å². The normalized spacial score (nSPS) is 14.2. The molecule has 0 atom stereocenters. The van der Waals surface area contributed by atoms with Crippen LogP contribution in [-0.4, -0.2) is 47.1 Å². The van der Waals surface area contributed by atoms with Gasteiger partial charge < -0.3 is 0 Å². The third-order valence-electron chi connectivity index (χ3n) is 6.21. The predicted octanol–water partition coefficient (Wildman–Crippen LogP) is 6.06. The van der Waals surface area contributed by atoms with Gasteiger partial charge in [-0.05, 0) is 59.1 Å². The van der Waals surface area contributed by atoms with Crippen molar-refractivity contribution in [1.29, 1.82) is 0 Å². The molecule has 39 heavy (non-hydrogen) atoms. The molecule has 0 radical (unpaired) electrons. The van der Waals surface area contributed by atoms with Crippen molar-refractivity contribution in [3.63, 3.8) is 0 Å². The molecule has 0 aliphatic carbocycles. The topological polar surface area (TPSA) is 101 Å². The van der Waals surface area contributed by atoms with Gasteiger partial charge in [-0.3, -0.25) is 18.9 Å². The van der Waals surface area contributed by atoms with Crippen LogP contribution in [0, 0.1) is 11.6 Å². The molecule has 14 heteroatoms. The molecule has 3 heterocycles. The first-order valence-electron chi connectivity index (χ1n) is 11.5. The first-order valence-corrected chi connectivity index (χ1v) is 14.4. The maximum Gasteiger partial charge on any atom is 0.301 e. The van der Waals surface area contributed by atoms with E-state index in [1.54, 1.807) is 6.07 Å². The number of ketones is 1. The van der Waals surface area contributed by atoms with Gasteiger partial charge in [-0.15, -0.1) is 0 Å². The zero-order valence-electron chi connectivity index (χ0n) is 19.7. The Morgan fingerprint density at radius 1 is 1.03 bits per heavy atom. The molecule has 1 N–H and O–H groups in total. The SMILES string of the molecule is O=C(c1c(F)ccc(NS(=O)(=O)N2CCCC2)c1F)c1cn(C(=O)c2c(Cl)cccc2Cl)c2ncc(Br)cc12. The second kappa shape index (κ2) is 10.6. The lowest BCUT2D eigenvalue weighted by Gasteiger charge is -2.18. The van der Waals surface area contributed by atoms with Crippen molar-refractivity contribution in [2.45, 2.75) is 12.8 Å². The Labute approximate surface area is 239 Å². The number of pyridine rings is 1. The summed E-state index contributed by atoms with van der Waals surface area (Å²) in [7, 11) is -4.12. The molecule has 0 bridgehead atoms. The Hall–Kier alpha value is -2.90. The highest BCUT2D eigenvalue weighted by molar-refractivity contribution is 9.10. The summed E-state index contributed by atoms with van der Waals surface area (Å²) in [6.45, 7) is 0.517. The predicted molar refractivity (Wildman–Crippen MR) is 147 cm³/mol. The molecular formula is C25H17BrCl2F2N4O4S. The number of aromatic nitrogens is 2. The summed E-state index contributed by atoms with van der Waals surface area (Å²) in [5.74, 6) is -4.47. The molecule has 0 amide bonds. The standard InChI is InChI=1S/C25H17BrCl2F2N4O4S/c26-13-10-14-15(12-34(24(14)31-11-13)25(36)20-16(27)4-3-5-17(20)28)23(35)21-18(29)6-7-19(22(21)30)32-39(37,38)33-8-1-2-9-33/h3-7,10-12,32H,1-2,8-9H2. The van der Waals surface area contributed by atoms with E-state index in [-0.39, 0.29) is 45.3 Å². The molecule has 0 unspecified atom stereocenters. The molecule has 1 aliphatic heterocycles. The summed E-state index contributed by atoms with van der Waals surface area (Å²) in [5.41, 5.74) is -1.90. The van der Waals surface area contributed by atoms with Crippen LogP contribution in [0.25, 0.3) is 11.0 Å². The quantitative estimate of drug-likeness (QED) is 0.254. The van der Waals surface area contributed by atoms with Crippen LogP contribution in [0.1, 0.15) is 39.1 Å². The van der Waals surface area contributed by atoms with Crippen LogP contribution in [0.2, 0.25) is 10.0 Å². The molecule has 2 aromatic heterocycles. The summed E-state index contributed by atoms with van der Waals surface area (Å²) in [6, 6.07) is 7.63. The van der Waals surface area contributed by atoms with E-state index in [1.165, 1.54) is 24.4 Å². The van der Waals surface area contributed by atoms with Gasteiger partial charge in [-0.2, -0.15) is 12.7 Å². The minimum absolute atomic E-state index is 0.00856. The highest BCUT2D eigenvalue weighted by Crippen LogP contribution is 2.32. The summed E-state index contributed by atoms with van der Waals surface area (Å²) in [5, 5.41) is 0.205. The number of halogens is 5. The number of nitrogens with one attached hydrogen (secondary N) is 1. The van der Waals surface area contributed by atoms with E-state index in [1.807, 2.05) is 0 Å². The van der Waals surface area contributed by atoms with Crippen LogP contribution in [-0.2, 0) is 10.2 Å². The highest BCUT2D eigenvalue weighted by atomic mass is 79.9. The van der Waals surface area contributed by atoms with Crippen molar-refractivity contribution in [3.05, 3.63) is 91.6 Å². The minimum Gasteiger partial charge on any atom is -0.288 e. The second-order valence-corrected chi connectivity index (χ2v) is 12.1. The van der Waals surface area contributed by atoms with Gasteiger partial charge >= 0.3 is 10.2 Å². The van der Waals surface area contributed by atoms with Gasteiger partial charge in [0.1, 0.15) is 11.5 Å². The molecule has 2 aromatic carbocycles. The van der Waals surface area contributed by atoms with E-state index < -0.39 is 44.8 Å². The lowest BCUT2D eigenvalue weighted by molar-refractivity contribution is 0.0964. The Morgan fingerprint density at radius 2 is 1.69 bits per heavy atom. The van der Waals surface area contributed by atoms with Crippen LogP contribution >= 0.6 is 39.1 Å². The van der Waals surface area contributed by atoms with Crippen molar-refractivity contribution in [3.8, 4) is 0 Å². The van der Waals surface area contributed by atoms with E-state index in [9.17, 15) is 22.4 Å². The van der Waals surface area contributed by atoms with Crippen LogP contribution in [0.15, 0.2) is 53.3 Å². The zero-order chi connectivity index (χ0) is 28.1. The van der Waals surface area contributed by atoms with Crippen molar-refractivity contribution in [2.75, 3.05) is 17.8 Å². The van der Waals surface area contributed by atoms with E-state index in [4.69, 9.17) is 23.2 Å². The van der Waals surface area contributed by atoms with Crippen LogP contribution < -0.4 is 4.72 Å². The average molecular weight is 658 g/mol. The van der Waals surface area contributed by atoms with Gasteiger partial charge in [0, 0.05) is 35.3 Å². The monoisotopic (exact) mass is 656 g/mol. The molecule has 8 nitrogen and oxygen atoms in total. The number of hydrogen-bond acceptors (Lipinski definition) is 5. The fraction of sp³-hybridized carbons (Fsp3) is 0.160. The number of anilines is 1. The average Bonchev–Trinajstić information content (AvgIpc) is 3.55. The van der Waals surface area contributed by atoms with Gasteiger partial charge in [0.2, 0.25) is 5.78 Å². The lowest BCUT2D eigenvalue weighted by atomic mass is 10.0. The molecule has 1 aliphatic rings. The number of fused-ring (bicyclic) bond motifs is 1. The number of rotatable bonds is 6. The number of carbonyl (C=O) groups is 2. The Kier molecular flexibility index (Phi) is 7.51. The van der Waals surface area contributed by atoms with Gasteiger partial charge in [-0.25, -0.2) is 13.8 Å². The van der Waals surface area contributed by atoms with Gasteiger partial charge in [0.05, 0.1) is 32.4 Å². The smallest absolute Gasteiger partial charge is 0.288 e. The van der Waals surface area contributed by atoms with E-state index in [0.29, 0.717) is 17.3 Å².